The number of aliphatic hydroxyl groups excluding tert-OH is 1. The predicted octanol–water partition coefficient (Wildman–Crippen LogP) is 4.72. The van der Waals surface area contributed by atoms with Gasteiger partial charge in [0.25, 0.3) is 0 Å². The van der Waals surface area contributed by atoms with Gasteiger partial charge in [-0.1, -0.05) is 30.3 Å². The molecule has 0 spiro atoms. The van der Waals surface area contributed by atoms with Crippen LogP contribution in [0.2, 0.25) is 0 Å². The topological polar surface area (TPSA) is 77.5 Å². The molecule has 3 rings (SSSR count). The van der Waals surface area contributed by atoms with Crippen molar-refractivity contribution in [1.29, 1.82) is 0 Å². The van der Waals surface area contributed by atoms with E-state index in [9.17, 15) is 9.90 Å². The summed E-state index contributed by atoms with van der Waals surface area (Å²) in [5.41, 5.74) is 0.405. The van der Waals surface area contributed by atoms with Crippen molar-refractivity contribution in [3.05, 3.63) is 72.3 Å². The van der Waals surface area contributed by atoms with E-state index in [1.54, 1.807) is 20.8 Å². The highest BCUT2D eigenvalue weighted by atomic mass is 16.8. The van der Waals surface area contributed by atoms with Crippen LogP contribution in [0.4, 0.5) is 4.79 Å². The lowest BCUT2D eigenvalue weighted by atomic mass is 9.88. The number of benzene rings is 2. The Kier molecular flexibility index (Phi) is 8.74. The quantitative estimate of drug-likeness (QED) is 0.456. The third-order valence-corrected chi connectivity index (χ3v) is 5.05. The summed E-state index contributed by atoms with van der Waals surface area (Å²) in [6.07, 6.45) is 3.09. The Labute approximate surface area is 195 Å². The van der Waals surface area contributed by atoms with Gasteiger partial charge in [0.1, 0.15) is 30.3 Å². The highest BCUT2D eigenvalue weighted by Gasteiger charge is 2.32. The number of β-amino-alcohol motifs (C(OH)–C–C–N with tert-alkyl or cyclic N) is 1. The van der Waals surface area contributed by atoms with Crippen LogP contribution >= 0.6 is 0 Å². The second-order valence-corrected chi connectivity index (χ2v) is 8.88. The number of nitrogens with zero attached hydrogens (tertiary/aromatic N) is 1. The molecule has 2 aromatic rings. The number of hydrogen-bond donors (Lipinski definition) is 1. The zero-order chi connectivity index (χ0) is 23.7. The van der Waals surface area contributed by atoms with Crippen molar-refractivity contribution in [3.8, 4) is 11.5 Å². The standard InChI is InChI=1S/C26H33NO6/c1-26(2,3)32-25(29)33-27-16-15-23(24(28)19-27)20-11-13-22(14-12-20)31-18-8-7-17-30-21-9-5-4-6-10-21/h4-14,23-24,28H,15-19H2,1-3H3/b8-7+. The lowest BCUT2D eigenvalue weighted by Crippen LogP contribution is -2.44. The van der Waals surface area contributed by atoms with Crippen molar-refractivity contribution in [2.24, 2.45) is 0 Å². The number of rotatable bonds is 8. The maximum Gasteiger partial charge on any atom is 0.528 e. The van der Waals surface area contributed by atoms with Crippen LogP contribution in [0, 0.1) is 0 Å². The number of aliphatic hydroxyl groups is 1. The third kappa shape index (κ3) is 8.44. The molecule has 1 N–H and O–H groups in total. The van der Waals surface area contributed by atoms with Crippen molar-refractivity contribution >= 4 is 6.16 Å². The molecule has 1 aliphatic heterocycles. The molecule has 1 heterocycles. The first-order valence-corrected chi connectivity index (χ1v) is 11.2. The van der Waals surface area contributed by atoms with Gasteiger partial charge in [0, 0.05) is 12.5 Å². The first-order valence-electron chi connectivity index (χ1n) is 11.2. The largest absolute Gasteiger partial charge is 0.528 e. The van der Waals surface area contributed by atoms with Gasteiger partial charge in [-0.15, -0.1) is 5.06 Å². The zero-order valence-corrected chi connectivity index (χ0v) is 19.5. The summed E-state index contributed by atoms with van der Waals surface area (Å²) in [6.45, 7) is 7.02. The lowest BCUT2D eigenvalue weighted by molar-refractivity contribution is -0.170. The molecule has 7 nitrogen and oxygen atoms in total. The van der Waals surface area contributed by atoms with Crippen LogP contribution in [0.1, 0.15) is 38.7 Å². The Morgan fingerprint density at radius 2 is 1.61 bits per heavy atom. The summed E-state index contributed by atoms with van der Waals surface area (Å²) in [7, 11) is 0. The molecule has 1 fully saturated rings. The van der Waals surface area contributed by atoms with Gasteiger partial charge >= 0.3 is 6.16 Å². The molecule has 7 heteroatoms. The summed E-state index contributed by atoms with van der Waals surface area (Å²) in [6, 6.07) is 17.4. The van der Waals surface area contributed by atoms with E-state index in [0.29, 0.717) is 26.2 Å². The molecule has 0 radical (unpaired) electrons. The first kappa shape index (κ1) is 24.6. The molecule has 1 aliphatic rings. The minimum atomic E-state index is -0.754. The Morgan fingerprint density at radius 1 is 1.00 bits per heavy atom. The summed E-state index contributed by atoms with van der Waals surface area (Å²) >= 11 is 0. The summed E-state index contributed by atoms with van der Waals surface area (Å²) in [5.74, 6) is 1.56. The molecule has 0 bridgehead atoms. The van der Waals surface area contributed by atoms with Crippen molar-refractivity contribution in [1.82, 2.24) is 5.06 Å². The van der Waals surface area contributed by atoms with Crippen LogP contribution in [0.5, 0.6) is 11.5 Å². The van der Waals surface area contributed by atoms with Gasteiger partial charge in [0.2, 0.25) is 0 Å². The highest BCUT2D eigenvalue weighted by Crippen LogP contribution is 2.30. The Balaban J connectivity index is 1.39. The molecule has 33 heavy (non-hydrogen) atoms. The van der Waals surface area contributed by atoms with Crippen LogP contribution in [0.25, 0.3) is 0 Å². The van der Waals surface area contributed by atoms with Crippen LogP contribution in [0.3, 0.4) is 0 Å². The van der Waals surface area contributed by atoms with E-state index in [0.717, 1.165) is 17.1 Å². The SMILES string of the molecule is CC(C)(C)OC(=O)ON1CCC(c2ccc(OC/C=C/COc3ccccc3)cc2)C(O)C1. The Bertz CT molecular complexity index is 891. The lowest BCUT2D eigenvalue weighted by Gasteiger charge is -2.34. The molecular formula is C26H33NO6. The zero-order valence-electron chi connectivity index (χ0n) is 19.5. The molecule has 1 saturated heterocycles. The van der Waals surface area contributed by atoms with Crippen LogP contribution in [-0.4, -0.2) is 54.3 Å². The highest BCUT2D eigenvalue weighted by molar-refractivity contribution is 5.60. The predicted molar refractivity (Wildman–Crippen MR) is 125 cm³/mol. The van der Waals surface area contributed by atoms with Crippen molar-refractivity contribution in [3.63, 3.8) is 0 Å². The van der Waals surface area contributed by atoms with E-state index in [1.807, 2.05) is 66.7 Å². The van der Waals surface area contributed by atoms with Gasteiger partial charge in [-0.05, 0) is 69.2 Å². The number of carbonyl (C=O) groups is 1. The number of piperidine rings is 1. The molecule has 2 atom stereocenters. The van der Waals surface area contributed by atoms with E-state index in [4.69, 9.17) is 19.0 Å². The van der Waals surface area contributed by atoms with E-state index in [-0.39, 0.29) is 12.5 Å². The molecular weight excluding hydrogens is 422 g/mol. The maximum atomic E-state index is 11.8. The Morgan fingerprint density at radius 3 is 2.18 bits per heavy atom. The Hall–Kier alpha value is -3.03. The number of hydroxylamine groups is 2. The normalized spacial score (nSPS) is 19.3. The fraction of sp³-hybridized carbons (Fsp3) is 0.423. The van der Waals surface area contributed by atoms with Crippen LogP contribution in [0.15, 0.2) is 66.7 Å². The smallest absolute Gasteiger partial charge is 0.490 e. The second-order valence-electron chi connectivity index (χ2n) is 8.88. The van der Waals surface area contributed by atoms with E-state index >= 15 is 0 Å². The number of para-hydroxylation sites is 1. The minimum Gasteiger partial charge on any atom is -0.490 e. The fourth-order valence-corrected chi connectivity index (χ4v) is 3.50. The average Bonchev–Trinajstić information content (AvgIpc) is 2.76. The van der Waals surface area contributed by atoms with Crippen molar-refractivity contribution < 1.29 is 28.9 Å². The molecule has 2 aromatic carbocycles. The molecule has 0 saturated carbocycles. The first-order chi connectivity index (χ1) is 15.8. The van der Waals surface area contributed by atoms with E-state index in [1.165, 1.54) is 5.06 Å². The van der Waals surface area contributed by atoms with E-state index < -0.39 is 17.9 Å². The second kappa shape index (κ2) is 11.7. The van der Waals surface area contributed by atoms with Crippen LogP contribution < -0.4 is 9.47 Å². The van der Waals surface area contributed by atoms with Gasteiger partial charge in [0.15, 0.2) is 0 Å². The number of carbonyl (C=O) groups excluding carboxylic acids is 1. The minimum absolute atomic E-state index is 0.0347. The monoisotopic (exact) mass is 455 g/mol. The average molecular weight is 456 g/mol. The van der Waals surface area contributed by atoms with Gasteiger partial charge in [-0.25, -0.2) is 4.79 Å². The fourth-order valence-electron chi connectivity index (χ4n) is 3.50. The summed E-state index contributed by atoms with van der Waals surface area (Å²) < 4.78 is 16.5. The van der Waals surface area contributed by atoms with Gasteiger partial charge in [0.05, 0.1) is 12.6 Å². The number of hydrogen-bond acceptors (Lipinski definition) is 7. The summed E-state index contributed by atoms with van der Waals surface area (Å²) in [5, 5.41) is 12.0. The van der Waals surface area contributed by atoms with Gasteiger partial charge in [-0.3, -0.25) is 0 Å². The third-order valence-electron chi connectivity index (χ3n) is 5.05. The molecule has 2 unspecified atom stereocenters. The van der Waals surface area contributed by atoms with Crippen LogP contribution in [-0.2, 0) is 9.57 Å². The van der Waals surface area contributed by atoms with Crippen molar-refractivity contribution in [2.75, 3.05) is 26.3 Å². The molecule has 0 amide bonds. The van der Waals surface area contributed by atoms with Gasteiger partial charge in [-0.2, -0.15) is 0 Å². The molecule has 0 aliphatic carbocycles. The summed E-state index contributed by atoms with van der Waals surface area (Å²) in [4.78, 5) is 17.1. The van der Waals surface area contributed by atoms with E-state index in [2.05, 4.69) is 0 Å². The molecule has 178 valence electrons. The van der Waals surface area contributed by atoms with Gasteiger partial charge < -0.3 is 24.2 Å². The molecule has 0 aromatic heterocycles. The number of ether oxygens (including phenoxy) is 3. The van der Waals surface area contributed by atoms with Crippen molar-refractivity contribution in [2.45, 2.75) is 44.8 Å². The maximum absolute atomic E-state index is 11.8.